The Labute approximate surface area is 101 Å². The van der Waals surface area contributed by atoms with Crippen LogP contribution in [0.1, 0.15) is 11.1 Å². The number of rotatable bonds is 2. The Morgan fingerprint density at radius 2 is 2.33 bits per heavy atom. The van der Waals surface area contributed by atoms with Crippen LogP contribution in [0.25, 0.3) is 0 Å². The Morgan fingerprint density at radius 3 is 2.87 bits per heavy atom. The fourth-order valence-corrected chi connectivity index (χ4v) is 1.72. The molecule has 0 unspecified atom stereocenters. The first kappa shape index (κ1) is 12.0. The molecule has 78 valence electrons. The topological polar surface area (TPSA) is 50.1 Å². The number of ether oxygens (including phenoxy) is 1. The van der Waals surface area contributed by atoms with Crippen LogP contribution in [-0.4, -0.2) is 13.1 Å². The monoisotopic (exact) mass is 287 g/mol. The Morgan fingerprint density at radius 1 is 1.67 bits per heavy atom. The lowest BCUT2D eigenvalue weighted by atomic mass is 10.1. The summed E-state index contributed by atoms with van der Waals surface area (Å²) in [6, 6.07) is 5.27. The predicted molar refractivity (Wildman–Crippen MR) is 59.6 cm³/mol. The van der Waals surface area contributed by atoms with E-state index < -0.39 is 0 Å². The van der Waals surface area contributed by atoms with Crippen molar-refractivity contribution in [3.8, 4) is 6.07 Å². The van der Waals surface area contributed by atoms with Gasteiger partial charge < -0.3 is 4.74 Å². The van der Waals surface area contributed by atoms with E-state index in [0.717, 1.165) is 0 Å². The highest BCUT2D eigenvalue weighted by atomic mass is 79.9. The van der Waals surface area contributed by atoms with Crippen LogP contribution in [0.2, 0.25) is 5.02 Å². The maximum absolute atomic E-state index is 11.1. The average Bonchev–Trinajstić information content (AvgIpc) is 2.24. The molecule has 0 bridgehead atoms. The minimum absolute atomic E-state index is 0.0646. The minimum Gasteiger partial charge on any atom is -0.469 e. The number of hydrogen-bond donors (Lipinski definition) is 0. The lowest BCUT2D eigenvalue weighted by molar-refractivity contribution is -0.139. The van der Waals surface area contributed by atoms with Crippen molar-refractivity contribution < 1.29 is 9.53 Å². The Balaban J connectivity index is 3.15. The quantitative estimate of drug-likeness (QED) is 0.786. The minimum atomic E-state index is -0.388. The highest BCUT2D eigenvalue weighted by Crippen LogP contribution is 2.28. The van der Waals surface area contributed by atoms with Gasteiger partial charge in [-0.25, -0.2) is 0 Å². The highest BCUT2D eigenvalue weighted by molar-refractivity contribution is 9.10. The van der Waals surface area contributed by atoms with Crippen LogP contribution in [0, 0.1) is 11.3 Å². The van der Waals surface area contributed by atoms with Crippen molar-refractivity contribution in [2.45, 2.75) is 6.42 Å². The molecule has 1 aromatic carbocycles. The zero-order chi connectivity index (χ0) is 11.4. The first-order valence-corrected chi connectivity index (χ1v) is 5.21. The van der Waals surface area contributed by atoms with Crippen LogP contribution in [0.3, 0.4) is 0 Å². The molecular formula is C10H7BrClNO2. The lowest BCUT2D eigenvalue weighted by Gasteiger charge is -2.05. The summed E-state index contributed by atoms with van der Waals surface area (Å²) in [5.41, 5.74) is 0.966. The molecular weight excluding hydrogens is 281 g/mol. The van der Waals surface area contributed by atoms with Gasteiger partial charge in [0.2, 0.25) is 0 Å². The number of carbonyl (C=O) groups is 1. The summed E-state index contributed by atoms with van der Waals surface area (Å²) in [6.45, 7) is 0. The van der Waals surface area contributed by atoms with E-state index in [-0.39, 0.29) is 12.4 Å². The molecule has 0 radical (unpaired) electrons. The molecule has 0 aliphatic heterocycles. The second kappa shape index (κ2) is 5.15. The molecule has 0 heterocycles. The number of hydrogen-bond acceptors (Lipinski definition) is 3. The number of halogens is 2. The van der Waals surface area contributed by atoms with Crippen molar-refractivity contribution in [2.24, 2.45) is 0 Å². The second-order valence-electron chi connectivity index (χ2n) is 2.76. The smallest absolute Gasteiger partial charge is 0.310 e. The number of benzene rings is 1. The molecule has 0 aromatic heterocycles. The van der Waals surface area contributed by atoms with Crippen LogP contribution in [0.5, 0.6) is 0 Å². The molecule has 0 saturated carbocycles. The van der Waals surface area contributed by atoms with Crippen LogP contribution in [0.15, 0.2) is 16.6 Å². The van der Waals surface area contributed by atoms with Gasteiger partial charge in [-0.3, -0.25) is 4.79 Å². The molecule has 0 spiro atoms. The predicted octanol–water partition coefficient (Wildman–Crippen LogP) is 2.69. The SMILES string of the molecule is COC(=O)Cc1ccc(Cl)c(Br)c1C#N. The summed E-state index contributed by atoms with van der Waals surface area (Å²) in [7, 11) is 1.30. The van der Waals surface area contributed by atoms with Crippen LogP contribution < -0.4 is 0 Å². The number of nitrogens with zero attached hydrogens (tertiary/aromatic N) is 1. The summed E-state index contributed by atoms with van der Waals surface area (Å²) < 4.78 is 5.03. The van der Waals surface area contributed by atoms with Gasteiger partial charge in [-0.1, -0.05) is 17.7 Å². The van der Waals surface area contributed by atoms with E-state index >= 15 is 0 Å². The van der Waals surface area contributed by atoms with E-state index in [1.807, 2.05) is 6.07 Å². The van der Waals surface area contributed by atoms with E-state index in [1.54, 1.807) is 12.1 Å². The molecule has 3 nitrogen and oxygen atoms in total. The first-order chi connectivity index (χ1) is 7.10. The van der Waals surface area contributed by atoms with E-state index in [9.17, 15) is 4.79 Å². The van der Waals surface area contributed by atoms with Gasteiger partial charge in [0.1, 0.15) is 6.07 Å². The van der Waals surface area contributed by atoms with Crippen molar-refractivity contribution in [1.29, 1.82) is 5.26 Å². The maximum atomic E-state index is 11.1. The summed E-state index contributed by atoms with van der Waals surface area (Å²) in [4.78, 5) is 11.1. The van der Waals surface area contributed by atoms with Gasteiger partial charge in [-0.2, -0.15) is 5.26 Å². The Bertz CT molecular complexity index is 440. The third kappa shape index (κ3) is 2.71. The van der Waals surface area contributed by atoms with Crippen molar-refractivity contribution in [3.63, 3.8) is 0 Å². The third-order valence-corrected chi connectivity index (χ3v) is 3.22. The molecule has 1 aromatic rings. The normalized spacial score (nSPS) is 9.47. The van der Waals surface area contributed by atoms with Crippen LogP contribution in [-0.2, 0) is 16.0 Å². The third-order valence-electron chi connectivity index (χ3n) is 1.86. The average molecular weight is 289 g/mol. The fourth-order valence-electron chi connectivity index (χ4n) is 1.09. The largest absolute Gasteiger partial charge is 0.469 e. The fraction of sp³-hybridized carbons (Fsp3) is 0.200. The van der Waals surface area contributed by atoms with Gasteiger partial charge in [0.25, 0.3) is 0 Å². The molecule has 1 rings (SSSR count). The highest BCUT2D eigenvalue weighted by Gasteiger charge is 2.12. The molecule has 0 N–H and O–H groups in total. The molecule has 5 heteroatoms. The summed E-state index contributed by atoms with van der Waals surface area (Å²) in [6.07, 6.45) is 0.0646. The first-order valence-electron chi connectivity index (χ1n) is 4.04. The molecule has 0 saturated heterocycles. The molecule has 0 amide bonds. The van der Waals surface area contributed by atoms with E-state index in [0.29, 0.717) is 20.6 Å². The van der Waals surface area contributed by atoms with Crippen LogP contribution >= 0.6 is 27.5 Å². The van der Waals surface area contributed by atoms with Gasteiger partial charge in [0, 0.05) is 0 Å². The second-order valence-corrected chi connectivity index (χ2v) is 3.96. The summed E-state index contributed by atoms with van der Waals surface area (Å²) in [5.74, 6) is -0.388. The molecule has 0 aliphatic rings. The van der Waals surface area contributed by atoms with Crippen molar-refractivity contribution >= 4 is 33.5 Å². The van der Waals surface area contributed by atoms with Gasteiger partial charge >= 0.3 is 5.97 Å². The molecule has 15 heavy (non-hydrogen) atoms. The van der Waals surface area contributed by atoms with Gasteiger partial charge in [0.15, 0.2) is 0 Å². The zero-order valence-electron chi connectivity index (χ0n) is 7.88. The number of esters is 1. The molecule has 0 aliphatic carbocycles. The van der Waals surface area contributed by atoms with Crippen molar-refractivity contribution in [3.05, 3.63) is 32.8 Å². The Kier molecular flexibility index (Phi) is 4.13. The standard InChI is InChI=1S/C10H7BrClNO2/c1-15-9(14)4-6-2-3-8(12)10(11)7(6)5-13/h2-3H,4H2,1H3. The summed E-state index contributed by atoms with van der Waals surface area (Å²) in [5, 5.41) is 9.36. The number of nitriles is 1. The van der Waals surface area contributed by atoms with Crippen molar-refractivity contribution in [2.75, 3.05) is 7.11 Å². The maximum Gasteiger partial charge on any atom is 0.310 e. The lowest BCUT2D eigenvalue weighted by Crippen LogP contribution is -2.06. The Hall–Kier alpha value is -1.05. The zero-order valence-corrected chi connectivity index (χ0v) is 10.2. The van der Waals surface area contributed by atoms with Crippen molar-refractivity contribution in [1.82, 2.24) is 0 Å². The van der Waals surface area contributed by atoms with E-state index in [1.165, 1.54) is 7.11 Å². The summed E-state index contributed by atoms with van der Waals surface area (Å²) >= 11 is 9.02. The van der Waals surface area contributed by atoms with Crippen LogP contribution in [0.4, 0.5) is 0 Å². The van der Waals surface area contributed by atoms with Gasteiger partial charge in [-0.15, -0.1) is 0 Å². The number of carbonyl (C=O) groups excluding carboxylic acids is 1. The van der Waals surface area contributed by atoms with E-state index in [4.69, 9.17) is 16.9 Å². The molecule has 0 fully saturated rings. The van der Waals surface area contributed by atoms with Gasteiger partial charge in [-0.05, 0) is 27.6 Å². The molecule has 0 atom stereocenters. The number of methoxy groups -OCH3 is 1. The van der Waals surface area contributed by atoms with E-state index in [2.05, 4.69) is 20.7 Å². The van der Waals surface area contributed by atoms with Gasteiger partial charge in [0.05, 0.1) is 28.6 Å².